The van der Waals surface area contributed by atoms with E-state index in [-0.39, 0.29) is 5.44 Å². The molecule has 0 bridgehead atoms. The summed E-state index contributed by atoms with van der Waals surface area (Å²) in [5.41, 5.74) is -0.0414. The average molecular weight is 176 g/mol. The summed E-state index contributed by atoms with van der Waals surface area (Å²) in [7, 11) is -0.745. The molecule has 1 saturated heterocycles. The molecule has 1 heterocycles. The van der Waals surface area contributed by atoms with E-state index in [4.69, 9.17) is 4.74 Å². The summed E-state index contributed by atoms with van der Waals surface area (Å²) in [5.74, 6) is 0. The maximum atomic E-state index is 11.5. The van der Waals surface area contributed by atoms with Gasteiger partial charge in [0.2, 0.25) is 0 Å². The Labute approximate surface area is 70.8 Å². The molecule has 0 aliphatic carbocycles. The molecule has 0 aromatic heterocycles. The molecular weight excluding hydrogens is 160 g/mol. The van der Waals surface area contributed by atoms with Gasteiger partial charge in [0.25, 0.3) is 0 Å². The van der Waals surface area contributed by atoms with Crippen molar-refractivity contribution in [1.29, 1.82) is 0 Å². The van der Waals surface area contributed by atoms with E-state index in [1.165, 1.54) is 0 Å². The van der Waals surface area contributed by atoms with Crippen molar-refractivity contribution in [2.45, 2.75) is 43.8 Å². The van der Waals surface area contributed by atoms with Gasteiger partial charge in [0.1, 0.15) is 5.44 Å². The van der Waals surface area contributed by atoms with Crippen molar-refractivity contribution in [3.8, 4) is 0 Å². The third kappa shape index (κ3) is 2.27. The van der Waals surface area contributed by atoms with E-state index in [1.807, 2.05) is 6.92 Å². The quantitative estimate of drug-likeness (QED) is 0.639. The van der Waals surface area contributed by atoms with Gasteiger partial charge in [-0.25, -0.2) is 0 Å². The van der Waals surface area contributed by atoms with Crippen molar-refractivity contribution in [2.24, 2.45) is 0 Å². The van der Waals surface area contributed by atoms with Crippen LogP contribution in [0.5, 0.6) is 0 Å². The van der Waals surface area contributed by atoms with E-state index in [2.05, 4.69) is 6.92 Å². The van der Waals surface area contributed by atoms with Gasteiger partial charge in [-0.15, -0.1) is 0 Å². The molecule has 1 fully saturated rings. The Balaban J connectivity index is 2.44. The molecule has 1 rings (SSSR count). The highest BCUT2D eigenvalue weighted by Gasteiger charge is 2.26. The lowest BCUT2D eigenvalue weighted by Crippen LogP contribution is -2.33. The zero-order valence-electron chi connectivity index (χ0n) is 7.21. The zero-order valence-corrected chi connectivity index (χ0v) is 8.02. The normalized spacial score (nSPS) is 38.9. The molecule has 3 unspecified atom stereocenters. The molecule has 1 aliphatic rings. The number of hydrogen-bond acceptors (Lipinski definition) is 2. The van der Waals surface area contributed by atoms with Crippen molar-refractivity contribution in [3.63, 3.8) is 0 Å². The van der Waals surface area contributed by atoms with Gasteiger partial charge in [0.15, 0.2) is 0 Å². The minimum atomic E-state index is -0.745. The Bertz CT molecular complexity index is 145. The fraction of sp³-hybridized carbons (Fsp3) is 1.00. The highest BCUT2D eigenvalue weighted by atomic mass is 32.2. The van der Waals surface area contributed by atoms with E-state index in [0.29, 0.717) is 5.25 Å². The monoisotopic (exact) mass is 176 g/mol. The van der Waals surface area contributed by atoms with Crippen LogP contribution < -0.4 is 0 Å². The summed E-state index contributed by atoms with van der Waals surface area (Å²) >= 11 is 0. The zero-order chi connectivity index (χ0) is 8.27. The summed E-state index contributed by atoms with van der Waals surface area (Å²) in [6.45, 7) is 4.83. The third-order valence-electron chi connectivity index (χ3n) is 2.06. The highest BCUT2D eigenvalue weighted by Crippen LogP contribution is 2.19. The molecule has 0 amide bonds. The standard InChI is InChI=1S/C8H16O2S/c1-3-4-8-5-6-10-7(2)11(8)9/h7-8H,3-6H2,1-2H3. The molecule has 2 nitrogen and oxygen atoms in total. The molecule has 1 aliphatic heterocycles. The van der Waals surface area contributed by atoms with Gasteiger partial charge < -0.3 is 4.74 Å². The molecule has 0 spiro atoms. The SMILES string of the molecule is CCCC1CCOC(C)S1=O. The second-order valence-electron chi connectivity index (χ2n) is 2.97. The first-order valence-corrected chi connectivity index (χ1v) is 5.54. The molecule has 3 heteroatoms. The Morgan fingerprint density at radius 2 is 2.36 bits per heavy atom. The largest absolute Gasteiger partial charge is 0.365 e. The van der Waals surface area contributed by atoms with Crippen LogP contribution in [0.25, 0.3) is 0 Å². The molecule has 0 N–H and O–H groups in total. The first-order chi connectivity index (χ1) is 5.25. The van der Waals surface area contributed by atoms with Crippen LogP contribution in [0.1, 0.15) is 33.1 Å². The lowest BCUT2D eigenvalue weighted by atomic mass is 10.2. The lowest BCUT2D eigenvalue weighted by Gasteiger charge is -2.26. The van der Waals surface area contributed by atoms with Crippen LogP contribution >= 0.6 is 0 Å². The first-order valence-electron chi connectivity index (χ1n) is 4.26. The second kappa shape index (κ2) is 4.21. The topological polar surface area (TPSA) is 26.3 Å². The predicted molar refractivity (Wildman–Crippen MR) is 46.9 cm³/mol. The van der Waals surface area contributed by atoms with Crippen molar-refractivity contribution in [3.05, 3.63) is 0 Å². The van der Waals surface area contributed by atoms with Crippen molar-refractivity contribution >= 4 is 10.8 Å². The molecule has 66 valence electrons. The van der Waals surface area contributed by atoms with E-state index >= 15 is 0 Å². The predicted octanol–water partition coefficient (Wildman–Crippen LogP) is 1.67. The first kappa shape index (κ1) is 9.20. The van der Waals surface area contributed by atoms with Crippen LogP contribution in [0.15, 0.2) is 0 Å². The van der Waals surface area contributed by atoms with Crippen LogP contribution in [-0.2, 0) is 15.5 Å². The van der Waals surface area contributed by atoms with Crippen LogP contribution in [0.2, 0.25) is 0 Å². The molecule has 0 radical (unpaired) electrons. The second-order valence-corrected chi connectivity index (χ2v) is 4.95. The molecule has 11 heavy (non-hydrogen) atoms. The Morgan fingerprint density at radius 3 is 3.00 bits per heavy atom. The van der Waals surface area contributed by atoms with Crippen LogP contribution in [0.3, 0.4) is 0 Å². The summed E-state index contributed by atoms with van der Waals surface area (Å²) in [6, 6.07) is 0. The van der Waals surface area contributed by atoms with Gasteiger partial charge in [-0.05, 0) is 19.8 Å². The Hall–Kier alpha value is 0.110. The fourth-order valence-corrected chi connectivity index (χ4v) is 2.97. The van der Waals surface area contributed by atoms with Crippen molar-refractivity contribution in [1.82, 2.24) is 0 Å². The molecule has 3 atom stereocenters. The maximum absolute atomic E-state index is 11.5. The highest BCUT2D eigenvalue weighted by molar-refractivity contribution is 7.86. The van der Waals surface area contributed by atoms with E-state index in [0.717, 1.165) is 25.9 Å². The average Bonchev–Trinajstić information content (AvgIpc) is 1.99. The van der Waals surface area contributed by atoms with Gasteiger partial charge in [0, 0.05) is 11.9 Å². The summed E-state index contributed by atoms with van der Waals surface area (Å²) in [4.78, 5) is 0. The van der Waals surface area contributed by atoms with Gasteiger partial charge in [-0.2, -0.15) is 0 Å². The Kier molecular flexibility index (Phi) is 3.52. The van der Waals surface area contributed by atoms with Crippen LogP contribution in [0, 0.1) is 0 Å². The van der Waals surface area contributed by atoms with Gasteiger partial charge >= 0.3 is 0 Å². The fourth-order valence-electron chi connectivity index (χ4n) is 1.40. The third-order valence-corrected chi connectivity index (χ3v) is 3.98. The molecule has 0 aromatic carbocycles. The maximum Gasteiger partial charge on any atom is 0.129 e. The minimum Gasteiger partial charge on any atom is -0.365 e. The van der Waals surface area contributed by atoms with Crippen molar-refractivity contribution < 1.29 is 8.95 Å². The van der Waals surface area contributed by atoms with Crippen LogP contribution in [0.4, 0.5) is 0 Å². The minimum absolute atomic E-state index is 0.0414. The van der Waals surface area contributed by atoms with Crippen molar-refractivity contribution in [2.75, 3.05) is 6.61 Å². The van der Waals surface area contributed by atoms with E-state index in [9.17, 15) is 4.21 Å². The van der Waals surface area contributed by atoms with Crippen LogP contribution in [-0.4, -0.2) is 21.5 Å². The molecule has 0 saturated carbocycles. The van der Waals surface area contributed by atoms with E-state index in [1.54, 1.807) is 0 Å². The number of hydrogen-bond donors (Lipinski definition) is 0. The smallest absolute Gasteiger partial charge is 0.129 e. The summed E-state index contributed by atoms with van der Waals surface area (Å²) in [6.07, 6.45) is 3.19. The summed E-state index contributed by atoms with van der Waals surface area (Å²) < 4.78 is 16.8. The summed E-state index contributed by atoms with van der Waals surface area (Å²) in [5, 5.41) is 0.392. The molecule has 0 aromatic rings. The van der Waals surface area contributed by atoms with Gasteiger partial charge in [-0.1, -0.05) is 13.3 Å². The number of rotatable bonds is 2. The van der Waals surface area contributed by atoms with E-state index < -0.39 is 10.8 Å². The number of ether oxygens (including phenoxy) is 1. The molecular formula is C8H16O2S. The van der Waals surface area contributed by atoms with Gasteiger partial charge in [-0.3, -0.25) is 4.21 Å². The Morgan fingerprint density at radius 1 is 1.64 bits per heavy atom. The lowest BCUT2D eigenvalue weighted by molar-refractivity contribution is 0.104. The van der Waals surface area contributed by atoms with Gasteiger partial charge in [0.05, 0.1) is 10.8 Å².